The molecule has 5 heteroatoms. The number of aromatic nitrogens is 2. The highest BCUT2D eigenvalue weighted by Gasteiger charge is 2.43. The van der Waals surface area contributed by atoms with Crippen molar-refractivity contribution in [2.75, 3.05) is 12.0 Å². The van der Waals surface area contributed by atoms with Gasteiger partial charge in [0.25, 0.3) is 0 Å². The number of rotatable bonds is 4. The van der Waals surface area contributed by atoms with Crippen molar-refractivity contribution in [1.29, 1.82) is 0 Å². The molecule has 1 atom stereocenters. The highest BCUT2D eigenvalue weighted by atomic mass is 32.2. The van der Waals surface area contributed by atoms with Gasteiger partial charge in [-0.25, -0.2) is 4.98 Å². The number of hydrogen-bond donors (Lipinski definition) is 2. The molecule has 1 saturated carbocycles. The van der Waals surface area contributed by atoms with Crippen LogP contribution in [-0.2, 0) is 6.54 Å². The molecule has 0 bridgehead atoms. The third-order valence-corrected chi connectivity index (χ3v) is 5.27. The number of fused-ring (bicyclic) bond motifs is 1. The van der Waals surface area contributed by atoms with Gasteiger partial charge in [-0.1, -0.05) is 0 Å². The molecule has 3 N–H and O–H groups in total. The molecule has 1 fully saturated rings. The molecular formula is C14H19N3OS. The quantitative estimate of drug-likeness (QED) is 0.843. The third kappa shape index (κ3) is 2.21. The molecule has 0 saturated heterocycles. The van der Waals surface area contributed by atoms with Gasteiger partial charge in [-0.2, -0.15) is 11.8 Å². The van der Waals surface area contributed by atoms with Gasteiger partial charge in [0, 0.05) is 17.0 Å². The Morgan fingerprint density at radius 3 is 2.84 bits per heavy atom. The van der Waals surface area contributed by atoms with Gasteiger partial charge in [0.05, 0.1) is 11.0 Å². The molecule has 0 spiro atoms. The monoisotopic (exact) mass is 277 g/mol. The minimum atomic E-state index is -0.564. The van der Waals surface area contributed by atoms with Crippen LogP contribution >= 0.6 is 11.8 Å². The summed E-state index contributed by atoms with van der Waals surface area (Å²) in [5.74, 6) is 0.737. The van der Waals surface area contributed by atoms with Gasteiger partial charge < -0.3 is 15.4 Å². The van der Waals surface area contributed by atoms with Gasteiger partial charge in [0.1, 0.15) is 11.9 Å². The zero-order valence-electron chi connectivity index (χ0n) is 11.3. The van der Waals surface area contributed by atoms with E-state index in [0.29, 0.717) is 10.4 Å². The van der Waals surface area contributed by atoms with Crippen LogP contribution in [0, 0.1) is 0 Å². The molecular weight excluding hydrogens is 258 g/mol. The SMILES string of the molecule is CSC1(Cn2c(C(C)O)nc3cc(N)ccc32)CC1. The Kier molecular flexibility index (Phi) is 2.98. The molecule has 4 nitrogen and oxygen atoms in total. The Morgan fingerprint density at radius 1 is 1.53 bits per heavy atom. The Hall–Kier alpha value is -1.20. The molecule has 1 aliphatic carbocycles. The predicted octanol–water partition coefficient (Wildman–Crippen LogP) is 2.57. The maximum atomic E-state index is 9.94. The highest BCUT2D eigenvalue weighted by Crippen LogP contribution is 2.49. The molecule has 0 aliphatic heterocycles. The summed E-state index contributed by atoms with van der Waals surface area (Å²) in [4.78, 5) is 4.54. The summed E-state index contributed by atoms with van der Waals surface area (Å²) in [7, 11) is 0. The maximum Gasteiger partial charge on any atom is 0.138 e. The van der Waals surface area contributed by atoms with Crippen LogP contribution in [0.5, 0.6) is 0 Å². The number of imidazole rings is 1. The van der Waals surface area contributed by atoms with E-state index in [1.165, 1.54) is 12.8 Å². The van der Waals surface area contributed by atoms with Crippen molar-refractivity contribution >= 4 is 28.5 Å². The Bertz CT molecular complexity index is 616. The first-order valence-corrected chi connectivity index (χ1v) is 7.76. The van der Waals surface area contributed by atoms with Crippen LogP contribution in [0.25, 0.3) is 11.0 Å². The van der Waals surface area contributed by atoms with Crippen molar-refractivity contribution in [3.63, 3.8) is 0 Å². The van der Waals surface area contributed by atoms with Crippen LogP contribution in [-0.4, -0.2) is 25.7 Å². The molecule has 1 aromatic heterocycles. The zero-order chi connectivity index (χ0) is 13.6. The fraction of sp³-hybridized carbons (Fsp3) is 0.500. The lowest BCUT2D eigenvalue weighted by atomic mass is 10.2. The number of anilines is 1. The van der Waals surface area contributed by atoms with Gasteiger partial charge in [-0.15, -0.1) is 0 Å². The third-order valence-electron chi connectivity index (χ3n) is 3.86. The topological polar surface area (TPSA) is 64.1 Å². The van der Waals surface area contributed by atoms with Crippen LogP contribution in [0.3, 0.4) is 0 Å². The minimum absolute atomic E-state index is 0.332. The summed E-state index contributed by atoms with van der Waals surface area (Å²) >= 11 is 1.91. The average molecular weight is 277 g/mol. The smallest absolute Gasteiger partial charge is 0.138 e. The molecule has 0 amide bonds. The number of nitrogens with two attached hydrogens (primary N) is 1. The zero-order valence-corrected chi connectivity index (χ0v) is 12.1. The first-order valence-electron chi connectivity index (χ1n) is 6.53. The van der Waals surface area contributed by atoms with E-state index in [0.717, 1.165) is 23.4 Å². The second-order valence-electron chi connectivity index (χ2n) is 5.37. The van der Waals surface area contributed by atoms with E-state index in [4.69, 9.17) is 5.73 Å². The lowest BCUT2D eigenvalue weighted by molar-refractivity contribution is 0.184. The molecule has 19 heavy (non-hydrogen) atoms. The maximum absolute atomic E-state index is 9.94. The Labute approximate surface area is 117 Å². The predicted molar refractivity (Wildman–Crippen MR) is 80.3 cm³/mol. The number of aliphatic hydroxyl groups excluding tert-OH is 1. The minimum Gasteiger partial charge on any atom is -0.399 e. The summed E-state index contributed by atoms with van der Waals surface area (Å²) in [5.41, 5.74) is 8.45. The summed E-state index contributed by atoms with van der Waals surface area (Å²) in [5, 5.41) is 9.94. The van der Waals surface area contributed by atoms with Crippen molar-refractivity contribution in [1.82, 2.24) is 9.55 Å². The molecule has 1 aliphatic rings. The fourth-order valence-corrected chi connectivity index (χ4v) is 3.27. The van der Waals surface area contributed by atoms with Gasteiger partial charge in [-0.3, -0.25) is 0 Å². The van der Waals surface area contributed by atoms with Crippen LogP contribution in [0.2, 0.25) is 0 Å². The van der Waals surface area contributed by atoms with E-state index in [-0.39, 0.29) is 0 Å². The van der Waals surface area contributed by atoms with Crippen molar-refractivity contribution < 1.29 is 5.11 Å². The van der Waals surface area contributed by atoms with E-state index >= 15 is 0 Å². The second-order valence-corrected chi connectivity index (χ2v) is 6.64. The highest BCUT2D eigenvalue weighted by molar-refractivity contribution is 8.00. The standard InChI is InChI=1S/C14H19N3OS/c1-9(18)13-16-11-7-10(15)3-4-12(11)17(13)8-14(19-2)5-6-14/h3-4,7,9,18H,5-6,8,15H2,1-2H3. The lowest BCUT2D eigenvalue weighted by Crippen LogP contribution is -2.17. The first kappa shape index (κ1) is 12.8. The van der Waals surface area contributed by atoms with Crippen molar-refractivity contribution in [3.05, 3.63) is 24.0 Å². The van der Waals surface area contributed by atoms with Crippen LogP contribution in [0.4, 0.5) is 5.69 Å². The van der Waals surface area contributed by atoms with Crippen LogP contribution in [0.1, 0.15) is 31.7 Å². The molecule has 2 aromatic rings. The Balaban J connectivity index is 2.11. The largest absolute Gasteiger partial charge is 0.399 e. The lowest BCUT2D eigenvalue weighted by Gasteiger charge is -2.17. The van der Waals surface area contributed by atoms with Gasteiger partial charge >= 0.3 is 0 Å². The summed E-state index contributed by atoms with van der Waals surface area (Å²) < 4.78 is 2.49. The van der Waals surface area contributed by atoms with E-state index < -0.39 is 6.10 Å². The molecule has 1 heterocycles. The normalized spacial score (nSPS) is 18.7. The number of thioether (sulfide) groups is 1. The van der Waals surface area contributed by atoms with Gasteiger partial charge in [0.15, 0.2) is 0 Å². The number of aliphatic hydroxyl groups is 1. The molecule has 1 aromatic carbocycles. The molecule has 3 rings (SSSR count). The molecule has 102 valence electrons. The number of hydrogen-bond acceptors (Lipinski definition) is 4. The number of nitrogens with zero attached hydrogens (tertiary/aromatic N) is 2. The van der Waals surface area contributed by atoms with E-state index in [1.807, 2.05) is 30.0 Å². The van der Waals surface area contributed by atoms with Crippen molar-refractivity contribution in [3.8, 4) is 0 Å². The van der Waals surface area contributed by atoms with Crippen LogP contribution < -0.4 is 5.73 Å². The van der Waals surface area contributed by atoms with E-state index in [2.05, 4.69) is 15.8 Å². The van der Waals surface area contributed by atoms with Crippen molar-refractivity contribution in [2.45, 2.75) is 37.2 Å². The summed E-state index contributed by atoms with van der Waals surface area (Å²) in [6, 6.07) is 5.77. The van der Waals surface area contributed by atoms with Crippen molar-refractivity contribution in [2.24, 2.45) is 0 Å². The van der Waals surface area contributed by atoms with Gasteiger partial charge in [0.2, 0.25) is 0 Å². The summed E-state index contributed by atoms with van der Waals surface area (Å²) in [6.45, 7) is 2.68. The van der Waals surface area contributed by atoms with E-state index in [1.54, 1.807) is 6.92 Å². The molecule has 1 unspecified atom stereocenters. The first-order chi connectivity index (χ1) is 9.04. The second kappa shape index (κ2) is 4.42. The number of benzene rings is 1. The summed E-state index contributed by atoms with van der Waals surface area (Å²) in [6.07, 6.45) is 4.07. The fourth-order valence-electron chi connectivity index (χ4n) is 2.50. The number of nitrogen functional groups attached to an aromatic ring is 1. The van der Waals surface area contributed by atoms with E-state index in [9.17, 15) is 5.11 Å². The molecule has 0 radical (unpaired) electrons. The van der Waals surface area contributed by atoms with Gasteiger partial charge in [-0.05, 0) is 44.2 Å². The van der Waals surface area contributed by atoms with Crippen LogP contribution in [0.15, 0.2) is 18.2 Å². The Morgan fingerprint density at radius 2 is 2.26 bits per heavy atom. The average Bonchev–Trinajstić information content (AvgIpc) is 3.06.